The highest BCUT2D eigenvalue weighted by molar-refractivity contribution is 5.84. The molecular weight excluding hydrogens is 336 g/mol. The van der Waals surface area contributed by atoms with Crippen LogP contribution in [0.2, 0.25) is 0 Å². The molecule has 4 heteroatoms. The van der Waals surface area contributed by atoms with E-state index in [0.717, 1.165) is 37.3 Å². The van der Waals surface area contributed by atoms with Crippen LogP contribution in [0, 0.1) is 0 Å². The predicted molar refractivity (Wildman–Crippen MR) is 110 cm³/mol. The molecule has 1 unspecified atom stereocenters. The number of para-hydroxylation sites is 1. The molecule has 0 aromatic heterocycles. The summed E-state index contributed by atoms with van der Waals surface area (Å²) in [7, 11) is 0. The lowest BCUT2D eigenvalue weighted by Crippen LogP contribution is -2.58. The van der Waals surface area contributed by atoms with E-state index < -0.39 is 11.5 Å². The van der Waals surface area contributed by atoms with E-state index in [-0.39, 0.29) is 0 Å². The van der Waals surface area contributed by atoms with E-state index >= 15 is 0 Å². The largest absolute Gasteiger partial charge is 0.547 e. The maximum Gasteiger partial charge on any atom is 0.105 e. The second-order valence-corrected chi connectivity index (χ2v) is 6.73. The van der Waals surface area contributed by atoms with Crippen molar-refractivity contribution in [2.45, 2.75) is 39.2 Å². The predicted octanol–water partition coefficient (Wildman–Crippen LogP) is 3.28. The van der Waals surface area contributed by atoms with Gasteiger partial charge in [0.25, 0.3) is 0 Å². The van der Waals surface area contributed by atoms with E-state index in [2.05, 4.69) is 18.7 Å². The van der Waals surface area contributed by atoms with Crippen molar-refractivity contribution in [2.24, 2.45) is 0 Å². The number of hydrogen-bond donors (Lipinski definition) is 0. The summed E-state index contributed by atoms with van der Waals surface area (Å²) in [5.74, 6) is -1.05. The van der Waals surface area contributed by atoms with Crippen LogP contribution in [0.3, 0.4) is 0 Å². The first-order valence-corrected chi connectivity index (χ1v) is 9.92. The van der Waals surface area contributed by atoms with Crippen LogP contribution >= 0.6 is 0 Å². The van der Waals surface area contributed by atoms with Crippen molar-refractivity contribution in [2.75, 3.05) is 31.1 Å². The average Bonchev–Trinajstić information content (AvgIpc) is 2.72. The monoisotopic (exact) mass is 367 g/mol. The smallest absolute Gasteiger partial charge is 0.105 e. The SMILES string of the molecule is CCN(CC)CCCN(c1ccccc1)C(CC)(C(=O)[O-])c1ccccc1. The minimum absolute atomic E-state index is 0.430. The van der Waals surface area contributed by atoms with Gasteiger partial charge >= 0.3 is 0 Å². The molecule has 27 heavy (non-hydrogen) atoms. The lowest BCUT2D eigenvalue weighted by molar-refractivity contribution is -0.314. The molecule has 0 aliphatic carbocycles. The number of hydrogen-bond acceptors (Lipinski definition) is 4. The molecule has 0 amide bonds. The highest BCUT2D eigenvalue weighted by atomic mass is 16.4. The third kappa shape index (κ3) is 4.69. The Hall–Kier alpha value is -2.33. The molecule has 2 aromatic carbocycles. The number of nitrogens with zero attached hydrogens (tertiary/aromatic N) is 2. The second kappa shape index (κ2) is 10.1. The number of carbonyl (C=O) groups is 1. The van der Waals surface area contributed by atoms with Crippen molar-refractivity contribution >= 4 is 11.7 Å². The third-order valence-electron chi connectivity index (χ3n) is 5.38. The minimum atomic E-state index is -1.19. The molecule has 146 valence electrons. The normalized spacial score (nSPS) is 13.3. The lowest BCUT2D eigenvalue weighted by atomic mass is 9.84. The first-order chi connectivity index (χ1) is 13.1. The van der Waals surface area contributed by atoms with Gasteiger partial charge in [0.2, 0.25) is 0 Å². The number of benzene rings is 2. The molecule has 0 aliphatic rings. The van der Waals surface area contributed by atoms with Gasteiger partial charge in [0.05, 0.1) is 5.97 Å². The van der Waals surface area contributed by atoms with Crippen molar-refractivity contribution in [3.63, 3.8) is 0 Å². The maximum atomic E-state index is 12.5. The van der Waals surface area contributed by atoms with Gasteiger partial charge in [-0.15, -0.1) is 0 Å². The number of carbonyl (C=O) groups excluding carboxylic acids is 1. The summed E-state index contributed by atoms with van der Waals surface area (Å²) in [6.07, 6.45) is 1.32. The highest BCUT2D eigenvalue weighted by Crippen LogP contribution is 2.36. The van der Waals surface area contributed by atoms with Crippen LogP contribution in [0.15, 0.2) is 60.7 Å². The summed E-state index contributed by atoms with van der Waals surface area (Å²) in [5.41, 5.74) is 0.484. The van der Waals surface area contributed by atoms with Gasteiger partial charge in [-0.25, -0.2) is 0 Å². The molecule has 0 bridgehead atoms. The molecule has 0 heterocycles. The van der Waals surface area contributed by atoms with Crippen LogP contribution < -0.4 is 10.0 Å². The average molecular weight is 368 g/mol. The van der Waals surface area contributed by atoms with Crippen LogP contribution in [-0.4, -0.2) is 37.0 Å². The second-order valence-electron chi connectivity index (χ2n) is 6.73. The van der Waals surface area contributed by atoms with Gasteiger partial charge in [0, 0.05) is 12.2 Å². The van der Waals surface area contributed by atoms with Crippen molar-refractivity contribution in [3.05, 3.63) is 66.2 Å². The van der Waals surface area contributed by atoms with Gasteiger partial charge in [-0.1, -0.05) is 69.3 Å². The molecule has 4 nitrogen and oxygen atoms in total. The molecule has 0 fully saturated rings. The fourth-order valence-electron chi connectivity index (χ4n) is 3.78. The fourth-order valence-corrected chi connectivity index (χ4v) is 3.78. The number of rotatable bonds is 11. The van der Waals surface area contributed by atoms with E-state index in [1.807, 2.05) is 72.5 Å². The van der Waals surface area contributed by atoms with Gasteiger partial charge in [-0.3, -0.25) is 0 Å². The molecule has 0 saturated heterocycles. The Morgan fingerprint density at radius 3 is 1.93 bits per heavy atom. The number of carboxylic acids is 1. The van der Waals surface area contributed by atoms with E-state index in [1.54, 1.807) is 0 Å². The van der Waals surface area contributed by atoms with Crippen LogP contribution in [-0.2, 0) is 10.3 Å². The quantitative estimate of drug-likeness (QED) is 0.611. The number of carboxylic acid groups (broad SMARTS) is 1. The Bertz CT molecular complexity index is 686. The van der Waals surface area contributed by atoms with Crippen molar-refractivity contribution < 1.29 is 9.90 Å². The molecular formula is C23H31N2O2-. The van der Waals surface area contributed by atoms with Gasteiger partial charge in [0.15, 0.2) is 0 Å². The van der Waals surface area contributed by atoms with Crippen molar-refractivity contribution in [3.8, 4) is 0 Å². The first kappa shape index (κ1) is 21.0. The topological polar surface area (TPSA) is 46.6 Å². The van der Waals surface area contributed by atoms with Crippen LogP contribution in [0.25, 0.3) is 0 Å². The third-order valence-corrected chi connectivity index (χ3v) is 5.38. The summed E-state index contributed by atoms with van der Waals surface area (Å²) < 4.78 is 0. The molecule has 0 N–H and O–H groups in total. The zero-order valence-corrected chi connectivity index (χ0v) is 16.7. The summed E-state index contributed by atoms with van der Waals surface area (Å²) in [4.78, 5) is 16.9. The Morgan fingerprint density at radius 2 is 1.44 bits per heavy atom. The van der Waals surface area contributed by atoms with E-state index in [9.17, 15) is 9.90 Å². The lowest BCUT2D eigenvalue weighted by Gasteiger charge is -2.46. The van der Waals surface area contributed by atoms with Crippen LogP contribution in [0.5, 0.6) is 0 Å². The van der Waals surface area contributed by atoms with Gasteiger partial charge in [-0.2, -0.15) is 0 Å². The molecule has 0 radical (unpaired) electrons. The van der Waals surface area contributed by atoms with Crippen molar-refractivity contribution in [1.29, 1.82) is 0 Å². The van der Waals surface area contributed by atoms with Gasteiger partial charge < -0.3 is 19.7 Å². The molecule has 0 spiro atoms. The van der Waals surface area contributed by atoms with E-state index in [0.29, 0.717) is 13.0 Å². The zero-order chi connectivity index (χ0) is 19.7. The molecule has 1 atom stereocenters. The Kier molecular flexibility index (Phi) is 7.86. The molecule has 0 aliphatic heterocycles. The minimum Gasteiger partial charge on any atom is -0.547 e. The van der Waals surface area contributed by atoms with E-state index in [1.165, 1.54) is 0 Å². The molecule has 0 saturated carbocycles. The van der Waals surface area contributed by atoms with Crippen LogP contribution in [0.1, 0.15) is 39.2 Å². The molecule has 2 aromatic rings. The van der Waals surface area contributed by atoms with Gasteiger partial charge in [0.1, 0.15) is 5.54 Å². The van der Waals surface area contributed by atoms with Crippen LogP contribution in [0.4, 0.5) is 5.69 Å². The molecule has 2 rings (SSSR count). The maximum absolute atomic E-state index is 12.5. The summed E-state index contributed by atoms with van der Waals surface area (Å²) in [5, 5.41) is 12.5. The zero-order valence-electron chi connectivity index (χ0n) is 16.7. The van der Waals surface area contributed by atoms with Gasteiger partial charge in [-0.05, 0) is 50.2 Å². The highest BCUT2D eigenvalue weighted by Gasteiger charge is 2.38. The number of anilines is 1. The summed E-state index contributed by atoms with van der Waals surface area (Å²) >= 11 is 0. The standard InChI is InChI=1S/C23H32N2O2/c1-4-23(22(26)27,20-14-9-7-10-15-20)25(21-16-11-8-12-17-21)19-13-18-24(5-2)6-3/h7-12,14-17H,4-6,13,18-19H2,1-3H3,(H,26,27)/p-1. The Balaban J connectivity index is 2.43. The summed E-state index contributed by atoms with van der Waals surface area (Å²) in [6, 6.07) is 19.3. The fraction of sp³-hybridized carbons (Fsp3) is 0.435. The van der Waals surface area contributed by atoms with E-state index in [4.69, 9.17) is 0 Å². The Labute approximate surface area is 163 Å². The number of aliphatic carboxylic acids is 1. The van der Waals surface area contributed by atoms with Crippen molar-refractivity contribution in [1.82, 2.24) is 4.90 Å². The Morgan fingerprint density at radius 1 is 0.889 bits per heavy atom. The first-order valence-electron chi connectivity index (χ1n) is 9.92. The summed E-state index contributed by atoms with van der Waals surface area (Å²) in [6.45, 7) is 9.82.